The lowest BCUT2D eigenvalue weighted by Gasteiger charge is -2.17. The molecule has 0 heterocycles. The molecule has 0 saturated heterocycles. The Balaban J connectivity index is -0.000000245. The van der Waals surface area contributed by atoms with Gasteiger partial charge in [-0.3, -0.25) is 4.90 Å². The summed E-state index contributed by atoms with van der Waals surface area (Å²) in [6.07, 6.45) is 9.00. The molecule has 1 saturated carbocycles. The standard InChI is InChI=1S/C6H15NO3.C6H12.2CH4O/c8-4-1-7(2-5-9)3-6-10;1-2-4-6-5-3-1;2*1-2/h8-10H,1-6H2;1-6H2;2*2H,1H3. The number of rotatable bonds is 6. The van der Waals surface area contributed by atoms with Gasteiger partial charge in [-0.2, -0.15) is 0 Å². The van der Waals surface area contributed by atoms with E-state index >= 15 is 0 Å². The molecule has 1 aliphatic carbocycles. The zero-order chi connectivity index (χ0) is 16.1. The molecule has 1 fully saturated rings. The first kappa shape index (κ1) is 24.8. The average molecular weight is 297 g/mol. The van der Waals surface area contributed by atoms with Crippen molar-refractivity contribution in [3.63, 3.8) is 0 Å². The lowest BCUT2D eigenvalue weighted by molar-refractivity contribution is 0.136. The van der Waals surface area contributed by atoms with Crippen LogP contribution >= 0.6 is 0 Å². The fraction of sp³-hybridized carbons (Fsp3) is 1.00. The van der Waals surface area contributed by atoms with Gasteiger partial charge in [-0.1, -0.05) is 38.5 Å². The van der Waals surface area contributed by atoms with Gasteiger partial charge in [0.1, 0.15) is 0 Å². The van der Waals surface area contributed by atoms with Gasteiger partial charge in [0.2, 0.25) is 0 Å². The third kappa shape index (κ3) is 22.9. The molecule has 1 aliphatic rings. The maximum absolute atomic E-state index is 8.48. The summed E-state index contributed by atoms with van der Waals surface area (Å²) in [5, 5.41) is 39.5. The minimum absolute atomic E-state index is 0.0694. The maximum Gasteiger partial charge on any atom is 0.0558 e. The van der Waals surface area contributed by atoms with Crippen LogP contribution in [0.25, 0.3) is 0 Å². The largest absolute Gasteiger partial charge is 0.400 e. The third-order valence-corrected chi connectivity index (χ3v) is 2.75. The van der Waals surface area contributed by atoms with E-state index in [-0.39, 0.29) is 19.8 Å². The Bertz CT molecular complexity index is 109. The SMILES string of the molecule is C1CCCCC1.CO.CO.OCCN(CCO)CCO. The van der Waals surface area contributed by atoms with E-state index in [1.165, 1.54) is 38.5 Å². The van der Waals surface area contributed by atoms with Crippen molar-refractivity contribution >= 4 is 0 Å². The zero-order valence-corrected chi connectivity index (χ0v) is 13.2. The number of hydrogen-bond acceptors (Lipinski definition) is 6. The average Bonchev–Trinajstić information content (AvgIpc) is 2.54. The minimum Gasteiger partial charge on any atom is -0.400 e. The Morgan fingerprint density at radius 2 is 0.750 bits per heavy atom. The molecular weight excluding hydrogens is 262 g/mol. The van der Waals surface area contributed by atoms with Crippen LogP contribution in [0.1, 0.15) is 38.5 Å². The number of aliphatic hydroxyl groups is 5. The molecule has 0 aromatic heterocycles. The Morgan fingerprint density at radius 1 is 0.550 bits per heavy atom. The second kappa shape index (κ2) is 27.2. The van der Waals surface area contributed by atoms with E-state index in [2.05, 4.69) is 0 Å². The predicted octanol–water partition coefficient (Wildman–Crippen LogP) is -0.177. The highest BCUT2D eigenvalue weighted by Gasteiger charge is 2.00. The molecule has 6 nitrogen and oxygen atoms in total. The minimum atomic E-state index is 0.0694. The smallest absolute Gasteiger partial charge is 0.0558 e. The lowest BCUT2D eigenvalue weighted by Crippen LogP contribution is -2.32. The van der Waals surface area contributed by atoms with E-state index in [1.807, 2.05) is 0 Å². The van der Waals surface area contributed by atoms with E-state index in [0.29, 0.717) is 19.6 Å². The first-order chi connectivity index (χ1) is 9.85. The first-order valence-electron chi connectivity index (χ1n) is 7.29. The van der Waals surface area contributed by atoms with Gasteiger partial charge in [0, 0.05) is 33.9 Å². The molecule has 5 N–H and O–H groups in total. The monoisotopic (exact) mass is 297 g/mol. The molecule has 126 valence electrons. The molecule has 6 heteroatoms. The van der Waals surface area contributed by atoms with Crippen LogP contribution in [-0.4, -0.2) is 84.1 Å². The normalized spacial score (nSPS) is 13.2. The van der Waals surface area contributed by atoms with Crippen LogP contribution in [0.3, 0.4) is 0 Å². The zero-order valence-electron chi connectivity index (χ0n) is 13.2. The summed E-state index contributed by atoms with van der Waals surface area (Å²) in [5.41, 5.74) is 0. The van der Waals surface area contributed by atoms with E-state index < -0.39 is 0 Å². The molecule has 0 bridgehead atoms. The van der Waals surface area contributed by atoms with Gasteiger partial charge in [0.15, 0.2) is 0 Å². The fourth-order valence-electron chi connectivity index (χ4n) is 1.82. The summed E-state index contributed by atoms with van der Waals surface area (Å²) in [6.45, 7) is 1.75. The highest BCUT2D eigenvalue weighted by molar-refractivity contribution is 4.54. The highest BCUT2D eigenvalue weighted by Crippen LogP contribution is 2.15. The van der Waals surface area contributed by atoms with Crippen molar-refractivity contribution < 1.29 is 25.5 Å². The summed E-state index contributed by atoms with van der Waals surface area (Å²) in [5.74, 6) is 0. The number of aliphatic hydroxyl groups excluding tert-OH is 5. The second-order valence-corrected chi connectivity index (χ2v) is 4.13. The molecular formula is C14H35NO5. The lowest BCUT2D eigenvalue weighted by atomic mass is 10.0. The molecule has 0 spiro atoms. The Labute approximate surface area is 123 Å². The Hall–Kier alpha value is -0.240. The molecule has 0 aromatic carbocycles. The van der Waals surface area contributed by atoms with E-state index in [9.17, 15) is 0 Å². The van der Waals surface area contributed by atoms with Crippen molar-refractivity contribution in [3.8, 4) is 0 Å². The van der Waals surface area contributed by atoms with Gasteiger partial charge < -0.3 is 25.5 Å². The van der Waals surface area contributed by atoms with Gasteiger partial charge in [0.25, 0.3) is 0 Å². The van der Waals surface area contributed by atoms with Gasteiger partial charge in [-0.05, 0) is 0 Å². The topological polar surface area (TPSA) is 104 Å². The first-order valence-corrected chi connectivity index (χ1v) is 7.29. The van der Waals surface area contributed by atoms with Crippen molar-refractivity contribution in [2.24, 2.45) is 0 Å². The van der Waals surface area contributed by atoms with E-state index in [0.717, 1.165) is 14.2 Å². The number of nitrogens with zero attached hydrogens (tertiary/aromatic N) is 1. The summed E-state index contributed by atoms with van der Waals surface area (Å²) < 4.78 is 0. The maximum atomic E-state index is 8.48. The fourth-order valence-corrected chi connectivity index (χ4v) is 1.82. The van der Waals surface area contributed by atoms with Crippen molar-refractivity contribution in [2.45, 2.75) is 38.5 Å². The summed E-state index contributed by atoms with van der Waals surface area (Å²) in [6, 6.07) is 0. The molecule has 0 aromatic rings. The Kier molecular flexibility index (Phi) is 33.6. The van der Waals surface area contributed by atoms with Crippen LogP contribution in [0.2, 0.25) is 0 Å². The molecule has 1 rings (SSSR count). The van der Waals surface area contributed by atoms with Crippen molar-refractivity contribution in [1.29, 1.82) is 0 Å². The van der Waals surface area contributed by atoms with Crippen molar-refractivity contribution in [2.75, 3.05) is 53.7 Å². The van der Waals surface area contributed by atoms with Gasteiger partial charge >= 0.3 is 0 Å². The second-order valence-electron chi connectivity index (χ2n) is 4.13. The molecule has 0 amide bonds. The van der Waals surface area contributed by atoms with E-state index in [4.69, 9.17) is 25.5 Å². The predicted molar refractivity (Wildman–Crippen MR) is 81.7 cm³/mol. The molecule has 20 heavy (non-hydrogen) atoms. The van der Waals surface area contributed by atoms with Gasteiger partial charge in [0.05, 0.1) is 19.8 Å². The van der Waals surface area contributed by atoms with Crippen molar-refractivity contribution in [3.05, 3.63) is 0 Å². The quantitative estimate of drug-likeness (QED) is 0.466. The third-order valence-electron chi connectivity index (χ3n) is 2.75. The van der Waals surface area contributed by atoms with Crippen molar-refractivity contribution in [1.82, 2.24) is 4.90 Å². The van der Waals surface area contributed by atoms with Crippen LogP contribution in [0.5, 0.6) is 0 Å². The molecule has 0 radical (unpaired) electrons. The highest BCUT2D eigenvalue weighted by atomic mass is 16.3. The van der Waals surface area contributed by atoms with Crippen LogP contribution in [0.4, 0.5) is 0 Å². The molecule has 0 unspecified atom stereocenters. The van der Waals surface area contributed by atoms with Gasteiger partial charge in [-0.15, -0.1) is 0 Å². The number of hydrogen-bond donors (Lipinski definition) is 5. The molecule has 0 aliphatic heterocycles. The summed E-state index contributed by atoms with van der Waals surface area (Å²) >= 11 is 0. The Morgan fingerprint density at radius 3 is 0.900 bits per heavy atom. The van der Waals surface area contributed by atoms with Crippen LogP contribution in [-0.2, 0) is 0 Å². The van der Waals surface area contributed by atoms with E-state index in [1.54, 1.807) is 4.90 Å². The van der Waals surface area contributed by atoms with Crippen LogP contribution in [0, 0.1) is 0 Å². The van der Waals surface area contributed by atoms with Gasteiger partial charge in [-0.25, -0.2) is 0 Å². The summed E-state index contributed by atoms with van der Waals surface area (Å²) in [7, 11) is 2.00. The summed E-state index contributed by atoms with van der Waals surface area (Å²) in [4.78, 5) is 1.79. The van der Waals surface area contributed by atoms with Crippen LogP contribution < -0.4 is 0 Å². The molecule has 0 atom stereocenters. The van der Waals surface area contributed by atoms with Crippen LogP contribution in [0.15, 0.2) is 0 Å².